The molecule has 0 aliphatic carbocycles. The fourth-order valence-electron chi connectivity index (χ4n) is 3.71. The van der Waals surface area contributed by atoms with Gasteiger partial charge in [-0.05, 0) is 45.4 Å². The summed E-state index contributed by atoms with van der Waals surface area (Å²) in [6.07, 6.45) is 4.00. The van der Waals surface area contributed by atoms with E-state index >= 15 is 0 Å². The third-order valence-electron chi connectivity index (χ3n) is 5.37. The van der Waals surface area contributed by atoms with Crippen LogP contribution in [0.1, 0.15) is 26.7 Å². The maximum atomic E-state index is 6.29. The van der Waals surface area contributed by atoms with Crippen molar-refractivity contribution in [1.82, 2.24) is 24.4 Å². The van der Waals surface area contributed by atoms with E-state index < -0.39 is 0 Å². The van der Waals surface area contributed by atoms with Gasteiger partial charge in [-0.2, -0.15) is 4.98 Å². The van der Waals surface area contributed by atoms with Gasteiger partial charge in [0, 0.05) is 30.7 Å². The predicted octanol–water partition coefficient (Wildman–Crippen LogP) is 5.35. The third-order valence-corrected chi connectivity index (χ3v) is 6.19. The summed E-state index contributed by atoms with van der Waals surface area (Å²) in [5.41, 5.74) is 1.94. The lowest BCUT2D eigenvalue weighted by atomic mass is 10.0. The van der Waals surface area contributed by atoms with Crippen LogP contribution in [0, 0.1) is 0 Å². The Balaban J connectivity index is 1.57. The fraction of sp³-hybridized carbons (Fsp3) is 0.450. The van der Waals surface area contributed by atoms with E-state index in [9.17, 15) is 0 Å². The highest BCUT2D eigenvalue weighted by Gasteiger charge is 2.22. The van der Waals surface area contributed by atoms with E-state index in [0.29, 0.717) is 55.9 Å². The summed E-state index contributed by atoms with van der Waals surface area (Å²) in [5, 5.41) is 7.97. The molecule has 1 aliphatic rings. The SMILES string of the molecule is CC(C)N1CCC[C@@H](Nc2ncc3nc(Nc4c(Cl)cc(Cl)cc4Cl)n(C)c3n2)C1. The maximum absolute atomic E-state index is 6.29. The van der Waals surface area contributed by atoms with E-state index in [0.717, 1.165) is 19.5 Å². The van der Waals surface area contributed by atoms with E-state index in [1.807, 2.05) is 11.6 Å². The molecule has 0 amide bonds. The van der Waals surface area contributed by atoms with Gasteiger partial charge in [0.05, 0.1) is 21.9 Å². The van der Waals surface area contributed by atoms with Gasteiger partial charge in [0.25, 0.3) is 0 Å². The van der Waals surface area contributed by atoms with Crippen molar-refractivity contribution in [2.45, 2.75) is 38.8 Å². The Bertz CT molecular complexity index is 1040. The van der Waals surface area contributed by atoms with Crippen molar-refractivity contribution in [2.75, 3.05) is 23.7 Å². The molecular formula is C20H24Cl3N7. The first kappa shape index (κ1) is 21.4. The first-order valence-corrected chi connectivity index (χ1v) is 11.1. The number of aryl methyl sites for hydroxylation is 1. The van der Waals surface area contributed by atoms with E-state index in [4.69, 9.17) is 39.8 Å². The second-order valence-electron chi connectivity index (χ2n) is 7.84. The number of halogens is 3. The van der Waals surface area contributed by atoms with E-state index in [2.05, 4.69) is 39.3 Å². The standard InChI is InChI=1S/C20H24Cl3N7/c1-11(2)30-6-4-5-13(10-30)25-19-24-9-16-18(28-19)29(3)20(26-16)27-17-14(22)7-12(21)8-15(17)23/h7-9,11,13H,4-6,10H2,1-3H3,(H,26,27)(H,24,25,28)/t13-/m1/s1. The number of aromatic nitrogens is 4. The Labute approximate surface area is 190 Å². The molecule has 1 aliphatic heterocycles. The molecule has 0 unspecified atom stereocenters. The van der Waals surface area contributed by atoms with Gasteiger partial charge in [0.1, 0.15) is 5.52 Å². The van der Waals surface area contributed by atoms with Gasteiger partial charge in [-0.15, -0.1) is 0 Å². The summed E-state index contributed by atoms with van der Waals surface area (Å²) in [7, 11) is 1.88. The lowest BCUT2D eigenvalue weighted by Gasteiger charge is -2.35. The van der Waals surface area contributed by atoms with Crippen LogP contribution in [0.3, 0.4) is 0 Å². The molecule has 3 aromatic rings. The highest BCUT2D eigenvalue weighted by atomic mass is 35.5. The van der Waals surface area contributed by atoms with Crippen LogP contribution in [-0.2, 0) is 7.05 Å². The van der Waals surface area contributed by atoms with Crippen LogP contribution >= 0.6 is 34.8 Å². The summed E-state index contributed by atoms with van der Waals surface area (Å²) in [6.45, 7) is 6.59. The summed E-state index contributed by atoms with van der Waals surface area (Å²) < 4.78 is 1.85. The topological polar surface area (TPSA) is 70.9 Å². The number of rotatable bonds is 5. The van der Waals surface area contributed by atoms with Crippen LogP contribution < -0.4 is 10.6 Å². The molecule has 30 heavy (non-hydrogen) atoms. The van der Waals surface area contributed by atoms with Gasteiger partial charge in [-0.3, -0.25) is 9.47 Å². The molecule has 7 nitrogen and oxygen atoms in total. The molecule has 4 rings (SSSR count). The minimum absolute atomic E-state index is 0.330. The number of hydrogen-bond acceptors (Lipinski definition) is 6. The number of hydrogen-bond donors (Lipinski definition) is 2. The Morgan fingerprint density at radius 2 is 1.87 bits per heavy atom. The van der Waals surface area contributed by atoms with Crippen molar-refractivity contribution in [1.29, 1.82) is 0 Å². The second-order valence-corrected chi connectivity index (χ2v) is 9.09. The van der Waals surface area contributed by atoms with Gasteiger partial charge >= 0.3 is 0 Å². The zero-order valence-electron chi connectivity index (χ0n) is 17.1. The van der Waals surface area contributed by atoms with Crippen molar-refractivity contribution in [3.63, 3.8) is 0 Å². The van der Waals surface area contributed by atoms with Gasteiger partial charge in [0.15, 0.2) is 5.65 Å². The normalized spacial score (nSPS) is 17.6. The van der Waals surface area contributed by atoms with Gasteiger partial charge in [-0.1, -0.05) is 34.8 Å². The van der Waals surface area contributed by atoms with Crippen LogP contribution in [0.2, 0.25) is 15.1 Å². The highest BCUT2D eigenvalue weighted by Crippen LogP contribution is 2.35. The number of imidazole rings is 1. The first-order chi connectivity index (χ1) is 14.3. The largest absolute Gasteiger partial charge is 0.350 e. The summed E-state index contributed by atoms with van der Waals surface area (Å²) in [5.74, 6) is 1.17. The molecule has 10 heteroatoms. The van der Waals surface area contributed by atoms with Gasteiger partial charge in [0.2, 0.25) is 11.9 Å². The molecule has 160 valence electrons. The maximum Gasteiger partial charge on any atom is 0.225 e. The average Bonchev–Trinajstić information content (AvgIpc) is 3.00. The van der Waals surface area contributed by atoms with E-state index in [-0.39, 0.29) is 0 Å². The monoisotopic (exact) mass is 467 g/mol. The third kappa shape index (κ3) is 4.44. The minimum Gasteiger partial charge on any atom is -0.350 e. The number of fused-ring (bicyclic) bond motifs is 1. The predicted molar refractivity (Wildman–Crippen MR) is 124 cm³/mol. The summed E-state index contributed by atoms with van der Waals surface area (Å²) in [4.78, 5) is 16.2. The number of likely N-dealkylation sites (tertiary alicyclic amines) is 1. The fourth-order valence-corrected chi connectivity index (χ4v) is 4.62. The van der Waals surface area contributed by atoms with Gasteiger partial charge < -0.3 is 10.6 Å². The van der Waals surface area contributed by atoms with Crippen LogP contribution in [-0.4, -0.2) is 49.6 Å². The number of nitrogens with one attached hydrogen (secondary N) is 2. The van der Waals surface area contributed by atoms with Crippen molar-refractivity contribution in [3.8, 4) is 0 Å². The molecule has 1 atom stereocenters. The number of nitrogens with zero attached hydrogens (tertiary/aromatic N) is 5. The van der Waals surface area contributed by atoms with Crippen LogP contribution in [0.5, 0.6) is 0 Å². The highest BCUT2D eigenvalue weighted by molar-refractivity contribution is 6.41. The Hall–Kier alpha value is -1.80. The van der Waals surface area contributed by atoms with Crippen molar-refractivity contribution in [2.24, 2.45) is 7.05 Å². The van der Waals surface area contributed by atoms with Crippen molar-refractivity contribution in [3.05, 3.63) is 33.4 Å². The minimum atomic E-state index is 0.330. The number of anilines is 3. The molecule has 0 spiro atoms. The molecule has 0 saturated carbocycles. The van der Waals surface area contributed by atoms with Crippen molar-refractivity contribution >= 4 is 63.6 Å². The molecule has 2 N–H and O–H groups in total. The molecular weight excluding hydrogens is 445 g/mol. The Kier molecular flexibility index (Phi) is 6.25. The second kappa shape index (κ2) is 8.75. The number of piperidine rings is 1. The van der Waals surface area contributed by atoms with E-state index in [1.165, 1.54) is 6.42 Å². The molecule has 1 saturated heterocycles. The molecule has 2 aromatic heterocycles. The average molecular weight is 469 g/mol. The quantitative estimate of drug-likeness (QED) is 0.526. The molecule has 0 bridgehead atoms. The first-order valence-electron chi connectivity index (χ1n) is 9.93. The van der Waals surface area contributed by atoms with Crippen LogP contribution in [0.25, 0.3) is 11.2 Å². The zero-order valence-corrected chi connectivity index (χ0v) is 19.4. The van der Waals surface area contributed by atoms with Crippen LogP contribution in [0.15, 0.2) is 18.3 Å². The number of benzene rings is 1. The molecule has 1 aromatic carbocycles. The summed E-state index contributed by atoms with van der Waals surface area (Å²) in [6, 6.07) is 4.13. The Morgan fingerprint density at radius 1 is 1.13 bits per heavy atom. The van der Waals surface area contributed by atoms with E-state index in [1.54, 1.807) is 18.3 Å². The van der Waals surface area contributed by atoms with Crippen LogP contribution in [0.4, 0.5) is 17.6 Å². The lowest BCUT2D eigenvalue weighted by Crippen LogP contribution is -2.45. The Morgan fingerprint density at radius 3 is 2.57 bits per heavy atom. The zero-order chi connectivity index (χ0) is 21.4. The molecule has 0 radical (unpaired) electrons. The lowest BCUT2D eigenvalue weighted by molar-refractivity contribution is 0.174. The molecule has 1 fully saturated rings. The van der Waals surface area contributed by atoms with Gasteiger partial charge in [-0.25, -0.2) is 9.97 Å². The molecule has 3 heterocycles. The van der Waals surface area contributed by atoms with Crippen molar-refractivity contribution < 1.29 is 0 Å². The smallest absolute Gasteiger partial charge is 0.225 e. The summed E-state index contributed by atoms with van der Waals surface area (Å²) >= 11 is 18.6.